The normalized spacial score (nSPS) is 11.4. The second-order valence-electron chi connectivity index (χ2n) is 3.82. The molecule has 1 rings (SSSR count). The van der Waals surface area contributed by atoms with Crippen LogP contribution in [0.1, 0.15) is 25.7 Å². The smallest absolute Gasteiger partial charge is 0.209 e. The predicted octanol–water partition coefficient (Wildman–Crippen LogP) is 1.31. The highest BCUT2D eigenvalue weighted by Crippen LogP contribution is 2.08. The Morgan fingerprint density at radius 1 is 1.24 bits per heavy atom. The third kappa shape index (κ3) is 7.70. The highest BCUT2D eigenvalue weighted by atomic mass is 32.2. The molecule has 1 aromatic heterocycles. The Kier molecular flexibility index (Phi) is 5.93. The van der Waals surface area contributed by atoms with Crippen molar-refractivity contribution >= 4 is 10.0 Å². The lowest BCUT2D eigenvalue weighted by Gasteiger charge is -2.04. The predicted molar refractivity (Wildman–Crippen MR) is 66.2 cm³/mol. The van der Waals surface area contributed by atoms with Gasteiger partial charge in [-0.1, -0.05) is 12.8 Å². The van der Waals surface area contributed by atoms with Crippen molar-refractivity contribution in [1.82, 2.24) is 4.98 Å². The largest absolute Gasteiger partial charge is 0.492 e. The van der Waals surface area contributed by atoms with Crippen LogP contribution in [0.2, 0.25) is 0 Å². The van der Waals surface area contributed by atoms with Crippen LogP contribution >= 0.6 is 0 Å². The van der Waals surface area contributed by atoms with Crippen LogP contribution in [0.3, 0.4) is 0 Å². The summed E-state index contributed by atoms with van der Waals surface area (Å²) in [5, 5.41) is 4.89. The maximum Gasteiger partial charge on any atom is 0.209 e. The molecule has 2 N–H and O–H groups in total. The number of rotatable bonds is 8. The van der Waals surface area contributed by atoms with Crippen LogP contribution in [0, 0.1) is 0 Å². The molecule has 0 saturated heterocycles. The Bertz CT molecular complexity index is 406. The zero-order chi connectivity index (χ0) is 12.6. The van der Waals surface area contributed by atoms with Gasteiger partial charge in [0.15, 0.2) is 0 Å². The van der Waals surface area contributed by atoms with Gasteiger partial charge in [-0.05, 0) is 25.0 Å². The SMILES string of the molecule is NS(=O)(=O)CCCCCCOc1cccnc1. The average Bonchev–Trinajstić information content (AvgIpc) is 2.28. The van der Waals surface area contributed by atoms with Crippen molar-refractivity contribution in [2.45, 2.75) is 25.7 Å². The third-order valence-corrected chi connectivity index (χ3v) is 3.08. The molecule has 17 heavy (non-hydrogen) atoms. The molecule has 1 aromatic rings. The minimum atomic E-state index is -3.30. The number of hydrogen-bond donors (Lipinski definition) is 1. The Labute approximate surface area is 102 Å². The minimum Gasteiger partial charge on any atom is -0.492 e. The molecule has 0 aliphatic rings. The van der Waals surface area contributed by atoms with Gasteiger partial charge in [-0.15, -0.1) is 0 Å². The first kappa shape index (κ1) is 13.9. The fraction of sp³-hybridized carbons (Fsp3) is 0.545. The van der Waals surface area contributed by atoms with E-state index in [0.29, 0.717) is 13.0 Å². The lowest BCUT2D eigenvalue weighted by molar-refractivity contribution is 0.304. The molecule has 0 amide bonds. The molecule has 96 valence electrons. The summed E-state index contributed by atoms with van der Waals surface area (Å²) in [7, 11) is -3.30. The molecule has 0 aromatic carbocycles. The molecular formula is C11H18N2O3S. The van der Waals surface area contributed by atoms with Crippen molar-refractivity contribution in [3.05, 3.63) is 24.5 Å². The zero-order valence-electron chi connectivity index (χ0n) is 9.71. The van der Waals surface area contributed by atoms with E-state index in [1.165, 1.54) is 0 Å². The number of ether oxygens (including phenoxy) is 1. The monoisotopic (exact) mass is 258 g/mol. The number of sulfonamides is 1. The van der Waals surface area contributed by atoms with Gasteiger partial charge in [0.2, 0.25) is 10.0 Å². The van der Waals surface area contributed by atoms with Crippen molar-refractivity contribution in [2.75, 3.05) is 12.4 Å². The van der Waals surface area contributed by atoms with Gasteiger partial charge in [-0.2, -0.15) is 0 Å². The molecule has 0 spiro atoms. The summed E-state index contributed by atoms with van der Waals surface area (Å²) in [6.07, 6.45) is 6.68. The lowest BCUT2D eigenvalue weighted by atomic mass is 10.2. The van der Waals surface area contributed by atoms with E-state index in [-0.39, 0.29) is 5.75 Å². The van der Waals surface area contributed by atoms with E-state index in [1.54, 1.807) is 12.4 Å². The van der Waals surface area contributed by atoms with Gasteiger partial charge in [0.25, 0.3) is 0 Å². The van der Waals surface area contributed by atoms with Crippen molar-refractivity contribution < 1.29 is 13.2 Å². The van der Waals surface area contributed by atoms with Crippen molar-refractivity contribution in [1.29, 1.82) is 0 Å². The maximum absolute atomic E-state index is 10.7. The molecule has 0 bridgehead atoms. The number of unbranched alkanes of at least 4 members (excludes halogenated alkanes) is 3. The van der Waals surface area contributed by atoms with E-state index in [1.807, 2.05) is 12.1 Å². The van der Waals surface area contributed by atoms with E-state index in [9.17, 15) is 8.42 Å². The van der Waals surface area contributed by atoms with Gasteiger partial charge in [-0.25, -0.2) is 13.6 Å². The van der Waals surface area contributed by atoms with Crippen molar-refractivity contribution in [2.24, 2.45) is 5.14 Å². The van der Waals surface area contributed by atoms with Gasteiger partial charge in [0.05, 0.1) is 18.6 Å². The van der Waals surface area contributed by atoms with Crippen LogP contribution in [-0.4, -0.2) is 25.8 Å². The van der Waals surface area contributed by atoms with E-state index >= 15 is 0 Å². The van der Waals surface area contributed by atoms with Gasteiger partial charge >= 0.3 is 0 Å². The Morgan fingerprint density at radius 2 is 2.00 bits per heavy atom. The topological polar surface area (TPSA) is 82.3 Å². The summed E-state index contributed by atoms with van der Waals surface area (Å²) >= 11 is 0. The molecule has 0 atom stereocenters. The highest BCUT2D eigenvalue weighted by Gasteiger charge is 2.01. The molecule has 6 heteroatoms. The second-order valence-corrected chi connectivity index (χ2v) is 5.55. The summed E-state index contributed by atoms with van der Waals surface area (Å²) in [5.41, 5.74) is 0. The molecule has 0 saturated carbocycles. The summed E-state index contributed by atoms with van der Waals surface area (Å²) in [6.45, 7) is 0.626. The van der Waals surface area contributed by atoms with E-state index in [0.717, 1.165) is 25.0 Å². The van der Waals surface area contributed by atoms with Gasteiger partial charge in [0, 0.05) is 6.20 Å². The highest BCUT2D eigenvalue weighted by molar-refractivity contribution is 7.89. The number of primary sulfonamides is 1. The molecule has 1 heterocycles. The number of pyridine rings is 1. The Balaban J connectivity index is 1.99. The molecule has 0 fully saturated rings. The molecule has 0 aliphatic carbocycles. The van der Waals surface area contributed by atoms with Crippen LogP contribution < -0.4 is 9.88 Å². The van der Waals surface area contributed by atoms with Crippen LogP contribution in [0.4, 0.5) is 0 Å². The van der Waals surface area contributed by atoms with Crippen LogP contribution in [-0.2, 0) is 10.0 Å². The minimum absolute atomic E-state index is 0.0659. The molecule has 0 unspecified atom stereocenters. The second kappa shape index (κ2) is 7.24. The van der Waals surface area contributed by atoms with Crippen LogP contribution in [0.5, 0.6) is 5.75 Å². The maximum atomic E-state index is 10.7. The summed E-state index contributed by atoms with van der Waals surface area (Å²) in [6, 6.07) is 3.68. The number of nitrogens with two attached hydrogens (primary N) is 1. The molecule has 5 nitrogen and oxygen atoms in total. The lowest BCUT2D eigenvalue weighted by Crippen LogP contribution is -2.16. The fourth-order valence-corrected chi connectivity index (χ4v) is 1.99. The quantitative estimate of drug-likeness (QED) is 0.713. The van der Waals surface area contributed by atoms with Gasteiger partial charge in [0.1, 0.15) is 5.75 Å². The number of hydrogen-bond acceptors (Lipinski definition) is 4. The average molecular weight is 258 g/mol. The number of nitrogens with zero attached hydrogens (tertiary/aromatic N) is 1. The third-order valence-electron chi connectivity index (χ3n) is 2.23. The van der Waals surface area contributed by atoms with E-state index in [4.69, 9.17) is 9.88 Å². The standard InChI is InChI=1S/C11H18N2O3S/c12-17(14,15)9-4-2-1-3-8-16-11-6-5-7-13-10-11/h5-7,10H,1-4,8-9H2,(H2,12,14,15). The summed E-state index contributed by atoms with van der Waals surface area (Å²) < 4.78 is 26.8. The zero-order valence-corrected chi connectivity index (χ0v) is 10.5. The Morgan fingerprint density at radius 3 is 2.65 bits per heavy atom. The van der Waals surface area contributed by atoms with Crippen LogP contribution in [0.25, 0.3) is 0 Å². The van der Waals surface area contributed by atoms with E-state index in [2.05, 4.69) is 4.98 Å². The van der Waals surface area contributed by atoms with Gasteiger partial charge < -0.3 is 4.74 Å². The van der Waals surface area contributed by atoms with Crippen LogP contribution in [0.15, 0.2) is 24.5 Å². The summed E-state index contributed by atoms with van der Waals surface area (Å²) in [5.74, 6) is 0.827. The molecule has 0 radical (unpaired) electrons. The molecular weight excluding hydrogens is 240 g/mol. The Hall–Kier alpha value is -1.14. The first-order valence-corrected chi connectivity index (χ1v) is 7.33. The number of aromatic nitrogens is 1. The van der Waals surface area contributed by atoms with Crippen molar-refractivity contribution in [3.8, 4) is 5.75 Å². The fourth-order valence-electron chi connectivity index (χ4n) is 1.38. The summed E-state index contributed by atoms with van der Waals surface area (Å²) in [4.78, 5) is 3.93. The van der Waals surface area contributed by atoms with E-state index < -0.39 is 10.0 Å². The van der Waals surface area contributed by atoms with Crippen molar-refractivity contribution in [3.63, 3.8) is 0 Å². The first-order valence-electron chi connectivity index (χ1n) is 5.61. The van der Waals surface area contributed by atoms with Gasteiger partial charge in [-0.3, -0.25) is 4.98 Å². The molecule has 0 aliphatic heterocycles. The first-order chi connectivity index (χ1) is 8.08.